The minimum absolute atomic E-state index is 0.781. The molecule has 0 spiro atoms. The van der Waals surface area contributed by atoms with Gasteiger partial charge in [0, 0.05) is 9.50 Å². The van der Waals surface area contributed by atoms with Crippen molar-refractivity contribution in [3.63, 3.8) is 0 Å². The molecule has 3 aromatic carbocycles. The van der Waals surface area contributed by atoms with Gasteiger partial charge in [-0.15, -0.1) is 0 Å². The Morgan fingerprint density at radius 1 is 0.750 bits per heavy atom. The first-order valence-corrected chi connectivity index (χ1v) is 6.19. The molecule has 0 radical (unpaired) electrons. The van der Waals surface area contributed by atoms with E-state index in [2.05, 4.69) is 52.3 Å². The molecule has 78 valence electrons. The molecule has 0 fully saturated rings. The zero-order valence-corrected chi connectivity index (χ0v) is 10.7. The minimum Gasteiger partial charge on any atom is -0.0843 e. The summed E-state index contributed by atoms with van der Waals surface area (Å²) >= 11 is 9.47. The Balaban J connectivity index is 2.50. The summed E-state index contributed by atoms with van der Waals surface area (Å²) in [6, 6.07) is 16.6. The Morgan fingerprint density at radius 2 is 1.38 bits per heavy atom. The van der Waals surface area contributed by atoms with Crippen LogP contribution in [0, 0.1) is 0 Å². The van der Waals surface area contributed by atoms with Gasteiger partial charge in [0.2, 0.25) is 0 Å². The molecule has 16 heavy (non-hydrogen) atoms. The number of hydrogen-bond acceptors (Lipinski definition) is 0. The van der Waals surface area contributed by atoms with Crippen molar-refractivity contribution < 1.29 is 0 Å². The van der Waals surface area contributed by atoms with Gasteiger partial charge in [-0.1, -0.05) is 51.8 Å². The summed E-state index contributed by atoms with van der Waals surface area (Å²) in [7, 11) is 0. The predicted molar refractivity (Wildman–Crippen MR) is 74.2 cm³/mol. The largest absolute Gasteiger partial charge is 0.0843 e. The maximum Gasteiger partial charge on any atom is 0.0412 e. The van der Waals surface area contributed by atoms with Crippen LogP contribution in [0.2, 0.25) is 5.02 Å². The third-order valence-corrected chi connectivity index (χ3v) is 3.49. The zero-order valence-electron chi connectivity index (χ0n) is 8.37. The summed E-state index contributed by atoms with van der Waals surface area (Å²) in [6.07, 6.45) is 0. The van der Waals surface area contributed by atoms with Crippen LogP contribution >= 0.6 is 27.5 Å². The lowest BCUT2D eigenvalue weighted by Crippen LogP contribution is -1.77. The van der Waals surface area contributed by atoms with Crippen LogP contribution in [-0.2, 0) is 0 Å². The van der Waals surface area contributed by atoms with Gasteiger partial charge < -0.3 is 0 Å². The van der Waals surface area contributed by atoms with E-state index in [0.29, 0.717) is 0 Å². The quantitative estimate of drug-likeness (QED) is 0.486. The molecule has 3 aromatic rings. The van der Waals surface area contributed by atoms with E-state index in [0.717, 1.165) is 9.50 Å². The fraction of sp³-hybridized carbons (Fsp3) is 0. The lowest BCUT2D eigenvalue weighted by Gasteiger charge is -2.04. The van der Waals surface area contributed by atoms with Gasteiger partial charge in [-0.2, -0.15) is 0 Å². The van der Waals surface area contributed by atoms with E-state index >= 15 is 0 Å². The molecule has 3 rings (SSSR count). The maximum atomic E-state index is 5.99. The molecule has 0 aliphatic carbocycles. The van der Waals surface area contributed by atoms with Crippen molar-refractivity contribution >= 4 is 49.1 Å². The first kappa shape index (κ1) is 10.1. The van der Waals surface area contributed by atoms with Crippen LogP contribution in [0.15, 0.2) is 53.0 Å². The second-order valence-corrected chi connectivity index (χ2v) is 5.15. The summed E-state index contributed by atoms with van der Waals surface area (Å²) in [6.45, 7) is 0. The Kier molecular flexibility index (Phi) is 2.38. The molecule has 0 heterocycles. The molecule has 0 N–H and O–H groups in total. The summed E-state index contributed by atoms with van der Waals surface area (Å²) in [5.41, 5.74) is 0. The number of rotatable bonds is 0. The fourth-order valence-electron chi connectivity index (χ4n) is 2.01. The lowest BCUT2D eigenvalue weighted by atomic mass is 10.0. The molecule has 0 saturated heterocycles. The summed E-state index contributed by atoms with van der Waals surface area (Å²) in [4.78, 5) is 0. The monoisotopic (exact) mass is 290 g/mol. The normalized spacial score (nSPS) is 11.1. The summed E-state index contributed by atoms with van der Waals surface area (Å²) in [5.74, 6) is 0. The molecule has 0 unspecified atom stereocenters. The first-order chi connectivity index (χ1) is 7.74. The highest BCUT2D eigenvalue weighted by molar-refractivity contribution is 9.10. The van der Waals surface area contributed by atoms with E-state index < -0.39 is 0 Å². The molecule has 0 atom stereocenters. The van der Waals surface area contributed by atoms with Crippen LogP contribution in [0.25, 0.3) is 21.5 Å². The second kappa shape index (κ2) is 3.76. The van der Waals surface area contributed by atoms with Gasteiger partial charge in [0.15, 0.2) is 0 Å². The van der Waals surface area contributed by atoms with Gasteiger partial charge in [-0.05, 0) is 45.8 Å². The van der Waals surface area contributed by atoms with Gasteiger partial charge in [-0.25, -0.2) is 0 Å². The van der Waals surface area contributed by atoms with Crippen molar-refractivity contribution in [2.24, 2.45) is 0 Å². The molecule has 0 aliphatic heterocycles. The van der Waals surface area contributed by atoms with Crippen LogP contribution in [0.1, 0.15) is 0 Å². The second-order valence-electron chi connectivity index (χ2n) is 3.80. The van der Waals surface area contributed by atoms with E-state index in [1.54, 1.807) is 0 Å². The Labute approximate surface area is 107 Å². The van der Waals surface area contributed by atoms with Crippen LogP contribution in [-0.4, -0.2) is 0 Å². The van der Waals surface area contributed by atoms with E-state index in [1.165, 1.54) is 21.5 Å². The van der Waals surface area contributed by atoms with Crippen molar-refractivity contribution in [2.75, 3.05) is 0 Å². The highest BCUT2D eigenvalue weighted by Crippen LogP contribution is 2.29. The molecule has 0 amide bonds. The highest BCUT2D eigenvalue weighted by atomic mass is 79.9. The Hall–Kier alpha value is -1.05. The lowest BCUT2D eigenvalue weighted by molar-refractivity contribution is 1.72. The number of fused-ring (bicyclic) bond motifs is 3. The molecule has 0 nitrogen and oxygen atoms in total. The minimum atomic E-state index is 0.781. The zero-order chi connectivity index (χ0) is 11.1. The van der Waals surface area contributed by atoms with Crippen LogP contribution in [0.3, 0.4) is 0 Å². The van der Waals surface area contributed by atoms with Gasteiger partial charge in [0.05, 0.1) is 0 Å². The van der Waals surface area contributed by atoms with Crippen molar-refractivity contribution in [3.05, 3.63) is 58.0 Å². The fourth-order valence-corrected chi connectivity index (χ4v) is 2.57. The SMILES string of the molecule is Clc1ccc2c(ccc3cc(Br)ccc32)c1. The standard InChI is InChI=1S/C14H8BrCl/c15-11-3-5-13-9(7-11)1-2-10-8-12(16)4-6-14(10)13/h1-8H. The smallest absolute Gasteiger partial charge is 0.0412 e. The van der Waals surface area contributed by atoms with E-state index in [1.807, 2.05) is 12.1 Å². The molecule has 2 heteroatoms. The molecular weight excluding hydrogens is 284 g/mol. The average molecular weight is 292 g/mol. The van der Waals surface area contributed by atoms with E-state index in [-0.39, 0.29) is 0 Å². The highest BCUT2D eigenvalue weighted by Gasteiger charge is 2.01. The summed E-state index contributed by atoms with van der Waals surface area (Å²) in [5, 5.41) is 5.71. The van der Waals surface area contributed by atoms with Crippen molar-refractivity contribution in [1.82, 2.24) is 0 Å². The van der Waals surface area contributed by atoms with E-state index in [4.69, 9.17) is 11.6 Å². The number of halogens is 2. The molecule has 0 aromatic heterocycles. The van der Waals surface area contributed by atoms with Gasteiger partial charge >= 0.3 is 0 Å². The molecule has 0 bridgehead atoms. The summed E-state index contributed by atoms with van der Waals surface area (Å²) < 4.78 is 1.10. The predicted octanol–water partition coefficient (Wildman–Crippen LogP) is 5.41. The molecule has 0 aliphatic rings. The molecular formula is C14H8BrCl. The van der Waals surface area contributed by atoms with Gasteiger partial charge in [0.25, 0.3) is 0 Å². The molecule has 0 saturated carbocycles. The van der Waals surface area contributed by atoms with Crippen LogP contribution < -0.4 is 0 Å². The first-order valence-electron chi connectivity index (χ1n) is 5.01. The van der Waals surface area contributed by atoms with Crippen LogP contribution in [0.4, 0.5) is 0 Å². The van der Waals surface area contributed by atoms with Crippen molar-refractivity contribution in [3.8, 4) is 0 Å². The van der Waals surface area contributed by atoms with Crippen LogP contribution in [0.5, 0.6) is 0 Å². The Bertz CT molecular complexity index is 628. The number of hydrogen-bond donors (Lipinski definition) is 0. The van der Waals surface area contributed by atoms with Crippen molar-refractivity contribution in [2.45, 2.75) is 0 Å². The third kappa shape index (κ3) is 1.60. The van der Waals surface area contributed by atoms with Gasteiger partial charge in [0.1, 0.15) is 0 Å². The average Bonchev–Trinajstić information content (AvgIpc) is 2.28. The Morgan fingerprint density at radius 3 is 2.12 bits per heavy atom. The third-order valence-electron chi connectivity index (χ3n) is 2.76. The van der Waals surface area contributed by atoms with E-state index in [9.17, 15) is 0 Å². The topological polar surface area (TPSA) is 0 Å². The number of benzene rings is 3. The maximum absolute atomic E-state index is 5.99. The van der Waals surface area contributed by atoms with Gasteiger partial charge in [-0.3, -0.25) is 0 Å². The van der Waals surface area contributed by atoms with Crippen molar-refractivity contribution in [1.29, 1.82) is 0 Å².